The summed E-state index contributed by atoms with van der Waals surface area (Å²) in [4.78, 5) is 92.1. The van der Waals surface area contributed by atoms with Crippen LogP contribution < -0.4 is 39.9 Å². The fraction of sp³-hybridized carbons (Fsp3) is 0.358. The second-order valence-electron chi connectivity index (χ2n) is 19.2. The van der Waals surface area contributed by atoms with Crippen LogP contribution in [0.2, 0.25) is 0 Å². The van der Waals surface area contributed by atoms with Gasteiger partial charge < -0.3 is 43.5 Å². The van der Waals surface area contributed by atoms with Crippen molar-refractivity contribution in [2.75, 3.05) is 50.1 Å². The third-order valence-corrected chi connectivity index (χ3v) is 14.9. The van der Waals surface area contributed by atoms with E-state index in [0.717, 1.165) is 68.2 Å². The summed E-state index contributed by atoms with van der Waals surface area (Å²) in [6.07, 6.45) is 0.560. The molecule has 10 rings (SSSR count). The Morgan fingerprint density at radius 3 is 2.36 bits per heavy atom. The summed E-state index contributed by atoms with van der Waals surface area (Å²) in [7, 11) is 2.98. The number of halogens is 4. The van der Waals surface area contributed by atoms with Gasteiger partial charge in [-0.3, -0.25) is 34.1 Å². The first-order chi connectivity index (χ1) is 35.9. The number of piperidine rings is 3. The van der Waals surface area contributed by atoms with Crippen LogP contribution in [0.5, 0.6) is 28.9 Å². The maximum absolute atomic E-state index is 15.6. The van der Waals surface area contributed by atoms with Gasteiger partial charge >= 0.3 is 6.36 Å². The monoisotopic (exact) mass is 1030 g/mol. The first-order valence-electron chi connectivity index (χ1n) is 24.3. The van der Waals surface area contributed by atoms with Crippen LogP contribution in [-0.2, 0) is 28.0 Å². The van der Waals surface area contributed by atoms with Crippen molar-refractivity contribution in [1.82, 2.24) is 29.7 Å². The van der Waals surface area contributed by atoms with Gasteiger partial charge in [-0.25, -0.2) is 14.4 Å². The number of hydrogen-bond acceptors (Lipinski definition) is 13. The number of nitrogens with one attached hydrogen (secondary N) is 2. The van der Waals surface area contributed by atoms with Gasteiger partial charge in [0.05, 0.1) is 41.9 Å². The molecule has 0 bridgehead atoms. The van der Waals surface area contributed by atoms with E-state index in [0.29, 0.717) is 48.3 Å². The molecule has 4 aromatic carbocycles. The summed E-state index contributed by atoms with van der Waals surface area (Å²) in [6, 6.07) is 15.1. The molecule has 3 saturated heterocycles. The number of methoxy groups -OCH3 is 1. The molecule has 0 radical (unpaired) electrons. The number of nitrogens with zero attached hydrogens (tertiary/aromatic N) is 6. The van der Waals surface area contributed by atoms with E-state index in [1.165, 1.54) is 43.1 Å². The van der Waals surface area contributed by atoms with Crippen molar-refractivity contribution >= 4 is 62.7 Å². The highest BCUT2D eigenvalue weighted by molar-refractivity contribution is 6.07. The Morgan fingerprint density at radius 1 is 0.880 bits per heavy atom. The number of fused-ring (bicyclic) bond motifs is 3. The number of likely N-dealkylation sites (tertiary alicyclic amines) is 1. The molecule has 0 aliphatic carbocycles. The number of benzene rings is 4. The van der Waals surface area contributed by atoms with Crippen molar-refractivity contribution in [3.63, 3.8) is 0 Å². The number of ether oxygens (including phenoxy) is 4. The molecule has 5 amide bonds. The first-order valence-corrected chi connectivity index (χ1v) is 24.3. The molecule has 75 heavy (non-hydrogen) atoms. The van der Waals surface area contributed by atoms with Crippen molar-refractivity contribution in [2.45, 2.75) is 70.8 Å². The zero-order valence-corrected chi connectivity index (χ0v) is 41.0. The number of amides is 5. The lowest BCUT2D eigenvalue weighted by atomic mass is 9.71. The minimum atomic E-state index is -5.00. The van der Waals surface area contributed by atoms with E-state index in [9.17, 15) is 41.9 Å². The number of anilines is 2. The van der Waals surface area contributed by atoms with Crippen molar-refractivity contribution < 1.29 is 60.5 Å². The predicted molar refractivity (Wildman–Crippen MR) is 263 cm³/mol. The average Bonchev–Trinajstić information content (AvgIpc) is 3.72. The lowest BCUT2D eigenvalue weighted by molar-refractivity contribution is -0.274. The fourth-order valence-corrected chi connectivity index (χ4v) is 10.6. The molecular formula is C53H50F4N8O10. The lowest BCUT2D eigenvalue weighted by Crippen LogP contribution is -2.52. The number of carbonyl (C=O) groups excluding carboxylic acids is 5. The molecule has 4 aliphatic heterocycles. The molecule has 3 fully saturated rings. The zero-order chi connectivity index (χ0) is 52.9. The number of imide groups is 1. The molecule has 18 nitrogen and oxygen atoms in total. The fourth-order valence-electron chi connectivity index (χ4n) is 10.6. The molecule has 390 valence electrons. The topological polar surface area (TPSA) is 204 Å². The third-order valence-electron chi connectivity index (χ3n) is 14.9. The zero-order valence-electron chi connectivity index (χ0n) is 41.0. The highest BCUT2D eigenvalue weighted by atomic mass is 19.4. The molecule has 6 aromatic rings. The molecule has 1 atom stereocenters. The van der Waals surface area contributed by atoms with Crippen LogP contribution in [0.1, 0.15) is 76.9 Å². The summed E-state index contributed by atoms with van der Waals surface area (Å²) >= 11 is 0. The average molecular weight is 1040 g/mol. The Morgan fingerprint density at radius 2 is 1.64 bits per heavy atom. The standard InChI is InChI=1S/C53H50F4N8O10/c1-29-46(47(68)36-24-33(75-53(55,56)57)6-8-39(36)62(29)2)49(70)60-31-4-10-41(37(54)23-31)74-50-35-25-42(72-3)43(26-38(35)58-28-59-50)73-21-12-45(67)64-19-15-52(16-20-64)13-17-63(18-14-52)32-5-7-34-30(22-32)27-65(51(34)71)40-9-11-44(66)61-48(40)69/h4-8,10,22-26,28,40H,9,11-21,27H2,1-3H3,(H,60,70)(H,61,66,69). The van der Waals surface area contributed by atoms with Gasteiger partial charge in [0.25, 0.3) is 11.8 Å². The van der Waals surface area contributed by atoms with Crippen LogP contribution in [0, 0.1) is 18.2 Å². The van der Waals surface area contributed by atoms with Gasteiger partial charge in [0, 0.05) is 81.0 Å². The van der Waals surface area contributed by atoms with Crippen LogP contribution in [0.3, 0.4) is 0 Å². The SMILES string of the molecule is COc1cc2c(Oc3ccc(NC(=O)c4c(C)n(C)c5ccc(OC(F)(F)F)cc5c4=O)cc3F)ncnc2cc1OCCC(=O)N1CCC2(CC1)CCN(c1ccc3c(c1)CN(C1CCC(=O)NC1=O)C3=O)CC2. The molecular weight excluding hydrogens is 985 g/mol. The highest BCUT2D eigenvalue weighted by Crippen LogP contribution is 2.43. The number of alkyl halides is 3. The molecule has 1 spiro atoms. The van der Waals surface area contributed by atoms with Gasteiger partial charge in [-0.05, 0) is 105 Å². The molecule has 1 unspecified atom stereocenters. The van der Waals surface area contributed by atoms with E-state index in [4.69, 9.17) is 14.2 Å². The largest absolute Gasteiger partial charge is 0.573 e. The number of rotatable bonds is 12. The third kappa shape index (κ3) is 10.1. The molecule has 6 heterocycles. The second-order valence-corrected chi connectivity index (χ2v) is 19.2. The van der Waals surface area contributed by atoms with Gasteiger partial charge in [-0.2, -0.15) is 0 Å². The number of aromatic nitrogens is 3. The van der Waals surface area contributed by atoms with Crippen LogP contribution in [0.4, 0.5) is 28.9 Å². The van der Waals surface area contributed by atoms with Crippen LogP contribution in [-0.4, -0.2) is 106 Å². The van der Waals surface area contributed by atoms with Gasteiger partial charge in [0.1, 0.15) is 23.7 Å². The van der Waals surface area contributed by atoms with E-state index in [-0.39, 0.29) is 87.8 Å². The van der Waals surface area contributed by atoms with Gasteiger partial charge in [-0.1, -0.05) is 0 Å². The highest BCUT2D eigenvalue weighted by Gasteiger charge is 2.41. The smallest absolute Gasteiger partial charge is 0.493 e. The summed E-state index contributed by atoms with van der Waals surface area (Å²) in [5, 5.41) is 4.98. The molecule has 2 aromatic heterocycles. The Kier molecular flexibility index (Phi) is 13.3. The van der Waals surface area contributed by atoms with E-state index in [1.54, 1.807) is 24.1 Å². The maximum atomic E-state index is 15.6. The van der Waals surface area contributed by atoms with Gasteiger partial charge in [-0.15, -0.1) is 13.2 Å². The number of hydrogen-bond donors (Lipinski definition) is 2. The number of pyridine rings is 1. The summed E-state index contributed by atoms with van der Waals surface area (Å²) < 4.78 is 77.4. The lowest BCUT2D eigenvalue weighted by Gasteiger charge is -2.47. The van der Waals surface area contributed by atoms with E-state index in [1.807, 2.05) is 23.1 Å². The first kappa shape index (κ1) is 50.2. The quantitative estimate of drug-likeness (QED) is 0.0913. The van der Waals surface area contributed by atoms with Crippen LogP contribution in [0.15, 0.2) is 77.9 Å². The summed E-state index contributed by atoms with van der Waals surface area (Å²) in [5.74, 6) is -3.15. The van der Waals surface area contributed by atoms with Gasteiger partial charge in [0.15, 0.2) is 23.1 Å². The van der Waals surface area contributed by atoms with Crippen molar-refractivity contribution in [3.05, 3.63) is 111 Å². The molecule has 22 heteroatoms. The summed E-state index contributed by atoms with van der Waals surface area (Å²) in [6.45, 7) is 4.83. The Labute approximate surface area is 425 Å². The Balaban J connectivity index is 0.719. The number of aryl methyl sites for hydroxylation is 1. The Hall–Kier alpha value is -8.30. The molecule has 4 aliphatic rings. The minimum Gasteiger partial charge on any atom is -0.493 e. The number of carbonyl (C=O) groups is 5. The van der Waals surface area contributed by atoms with Crippen LogP contribution in [0.25, 0.3) is 21.8 Å². The van der Waals surface area contributed by atoms with E-state index >= 15 is 4.39 Å². The normalized spacial score (nSPS) is 17.6. The summed E-state index contributed by atoms with van der Waals surface area (Å²) in [5.41, 5.74) is 2.19. The van der Waals surface area contributed by atoms with Crippen molar-refractivity contribution in [3.8, 4) is 28.9 Å². The Bertz CT molecular complexity index is 3390. The second kappa shape index (κ2) is 19.9. The van der Waals surface area contributed by atoms with Crippen LogP contribution >= 0.6 is 0 Å². The maximum Gasteiger partial charge on any atom is 0.573 e. The molecule has 2 N–H and O–H groups in total. The van der Waals surface area contributed by atoms with E-state index in [2.05, 4.69) is 30.2 Å². The molecule has 0 saturated carbocycles. The predicted octanol–water partition coefficient (Wildman–Crippen LogP) is 7.32. The van der Waals surface area contributed by atoms with Crippen molar-refractivity contribution in [2.24, 2.45) is 12.5 Å². The van der Waals surface area contributed by atoms with Crippen molar-refractivity contribution in [1.29, 1.82) is 0 Å². The van der Waals surface area contributed by atoms with E-state index < -0.39 is 41.2 Å². The minimum absolute atomic E-state index is 0.0308. The van der Waals surface area contributed by atoms with Gasteiger partial charge in [0.2, 0.25) is 29.0 Å².